The first-order valence-corrected chi connectivity index (χ1v) is 5.56. The molecule has 0 aliphatic carbocycles. The predicted molar refractivity (Wildman–Crippen MR) is 66.9 cm³/mol. The number of rotatable bonds is 5. The average molecular weight is 257 g/mol. The van der Waals surface area contributed by atoms with Gasteiger partial charge < -0.3 is 9.26 Å². The van der Waals surface area contributed by atoms with Crippen molar-refractivity contribution in [3.8, 4) is 0 Å². The van der Waals surface area contributed by atoms with Crippen molar-refractivity contribution >= 4 is 11.8 Å². The number of carbonyl (C=O) groups excluding carboxylic acids is 2. The molecule has 0 aliphatic heterocycles. The number of aromatic nitrogens is 1. The molecule has 0 amide bonds. The minimum Gasteiger partial charge on any atom is -0.457 e. The van der Waals surface area contributed by atoms with Gasteiger partial charge in [0.05, 0.1) is 5.56 Å². The second-order valence-corrected chi connectivity index (χ2v) is 3.66. The Labute approximate surface area is 109 Å². The number of hydrogen-bond acceptors (Lipinski definition) is 5. The molecule has 1 aromatic carbocycles. The SMILES string of the molecule is C=CCOC(=O)c1nocc1C(=O)c1ccccc1. The molecule has 2 rings (SSSR count). The Morgan fingerprint density at radius 3 is 2.74 bits per heavy atom. The van der Waals surface area contributed by atoms with E-state index in [0.717, 1.165) is 6.26 Å². The van der Waals surface area contributed by atoms with E-state index in [1.54, 1.807) is 30.3 Å². The molecule has 0 spiro atoms. The van der Waals surface area contributed by atoms with Crippen LogP contribution in [0.5, 0.6) is 0 Å². The molecule has 19 heavy (non-hydrogen) atoms. The summed E-state index contributed by atoms with van der Waals surface area (Å²) in [6.07, 6.45) is 2.57. The average Bonchev–Trinajstić information content (AvgIpc) is 2.94. The maximum absolute atomic E-state index is 12.2. The van der Waals surface area contributed by atoms with Crippen molar-refractivity contribution in [2.75, 3.05) is 6.61 Å². The Bertz CT molecular complexity index is 601. The lowest BCUT2D eigenvalue weighted by molar-refractivity contribution is 0.0535. The highest BCUT2D eigenvalue weighted by atomic mass is 16.5. The zero-order chi connectivity index (χ0) is 13.7. The van der Waals surface area contributed by atoms with Gasteiger partial charge in [-0.1, -0.05) is 48.1 Å². The van der Waals surface area contributed by atoms with Crippen molar-refractivity contribution in [3.63, 3.8) is 0 Å². The van der Waals surface area contributed by atoms with Crippen molar-refractivity contribution in [2.24, 2.45) is 0 Å². The van der Waals surface area contributed by atoms with Crippen LogP contribution in [-0.2, 0) is 4.74 Å². The van der Waals surface area contributed by atoms with Crippen LogP contribution in [0.15, 0.2) is 53.8 Å². The summed E-state index contributed by atoms with van der Waals surface area (Å²) in [5.74, 6) is -1.06. The number of hydrogen-bond donors (Lipinski definition) is 0. The number of nitrogens with zero attached hydrogens (tertiary/aromatic N) is 1. The summed E-state index contributed by atoms with van der Waals surface area (Å²) in [5.41, 5.74) is 0.402. The molecule has 0 atom stereocenters. The molecule has 1 heterocycles. The van der Waals surface area contributed by atoms with Gasteiger partial charge in [-0.2, -0.15) is 0 Å². The summed E-state index contributed by atoms with van der Waals surface area (Å²) in [5, 5.41) is 3.51. The zero-order valence-corrected chi connectivity index (χ0v) is 10.0. The third kappa shape index (κ3) is 2.77. The Balaban J connectivity index is 2.27. The van der Waals surface area contributed by atoms with Crippen LogP contribution in [0.1, 0.15) is 26.4 Å². The highest BCUT2D eigenvalue weighted by molar-refractivity contribution is 6.13. The maximum Gasteiger partial charge on any atom is 0.361 e. The van der Waals surface area contributed by atoms with Gasteiger partial charge in [-0.15, -0.1) is 0 Å². The van der Waals surface area contributed by atoms with Gasteiger partial charge in [0.1, 0.15) is 12.9 Å². The fourth-order valence-electron chi connectivity index (χ4n) is 1.49. The number of esters is 1. The minimum atomic E-state index is -0.715. The topological polar surface area (TPSA) is 69.4 Å². The molecule has 0 aliphatic rings. The highest BCUT2D eigenvalue weighted by Gasteiger charge is 2.23. The molecule has 0 saturated heterocycles. The van der Waals surface area contributed by atoms with Gasteiger partial charge in [-0.05, 0) is 0 Å². The largest absolute Gasteiger partial charge is 0.457 e. The lowest BCUT2D eigenvalue weighted by Gasteiger charge is -2.01. The first-order chi connectivity index (χ1) is 9.24. The minimum absolute atomic E-state index is 0.0463. The molecule has 0 unspecified atom stereocenters. The van der Waals surface area contributed by atoms with Crippen LogP contribution in [0.25, 0.3) is 0 Å². The smallest absolute Gasteiger partial charge is 0.361 e. The van der Waals surface area contributed by atoms with Crippen molar-refractivity contribution in [2.45, 2.75) is 0 Å². The maximum atomic E-state index is 12.2. The van der Waals surface area contributed by atoms with Crippen molar-refractivity contribution in [1.82, 2.24) is 5.16 Å². The van der Waals surface area contributed by atoms with Crippen molar-refractivity contribution < 1.29 is 18.8 Å². The van der Waals surface area contributed by atoms with E-state index in [0.29, 0.717) is 5.56 Å². The summed E-state index contributed by atoms with van der Waals surface area (Å²) in [7, 11) is 0. The van der Waals surface area contributed by atoms with E-state index in [9.17, 15) is 9.59 Å². The van der Waals surface area contributed by atoms with E-state index < -0.39 is 5.97 Å². The quantitative estimate of drug-likeness (QED) is 0.466. The highest BCUT2D eigenvalue weighted by Crippen LogP contribution is 2.14. The Morgan fingerprint density at radius 1 is 1.32 bits per heavy atom. The summed E-state index contributed by atoms with van der Waals surface area (Å²) in [6, 6.07) is 8.55. The molecule has 96 valence electrons. The van der Waals surface area contributed by atoms with E-state index in [1.807, 2.05) is 0 Å². The molecule has 5 nitrogen and oxygen atoms in total. The first kappa shape index (κ1) is 12.8. The van der Waals surface area contributed by atoms with Crippen LogP contribution in [0.2, 0.25) is 0 Å². The van der Waals surface area contributed by atoms with Gasteiger partial charge in [-0.25, -0.2) is 4.79 Å². The zero-order valence-electron chi connectivity index (χ0n) is 10.0. The number of carbonyl (C=O) groups is 2. The van der Waals surface area contributed by atoms with Gasteiger partial charge in [0, 0.05) is 5.56 Å². The van der Waals surface area contributed by atoms with Crippen LogP contribution < -0.4 is 0 Å². The van der Waals surface area contributed by atoms with Crippen LogP contribution >= 0.6 is 0 Å². The third-order valence-corrected chi connectivity index (χ3v) is 2.38. The van der Waals surface area contributed by atoms with Crippen molar-refractivity contribution in [3.05, 3.63) is 66.1 Å². The number of ether oxygens (including phenoxy) is 1. The molecule has 2 aromatic rings. The van der Waals surface area contributed by atoms with Gasteiger partial charge in [0.25, 0.3) is 0 Å². The Hall–Kier alpha value is -2.69. The fourth-order valence-corrected chi connectivity index (χ4v) is 1.49. The second kappa shape index (κ2) is 5.77. The van der Waals surface area contributed by atoms with Gasteiger partial charge >= 0.3 is 5.97 Å². The van der Waals surface area contributed by atoms with E-state index in [1.165, 1.54) is 6.08 Å². The Kier molecular flexibility index (Phi) is 3.87. The van der Waals surface area contributed by atoms with Crippen LogP contribution in [0.4, 0.5) is 0 Å². The standard InChI is InChI=1S/C14H11NO4/c1-2-8-18-14(17)12-11(9-19-15-12)13(16)10-6-4-3-5-7-10/h2-7,9H,1,8H2. The number of ketones is 1. The van der Waals surface area contributed by atoms with Crippen molar-refractivity contribution in [1.29, 1.82) is 0 Å². The molecular weight excluding hydrogens is 246 g/mol. The van der Waals surface area contributed by atoms with E-state index >= 15 is 0 Å². The van der Waals surface area contributed by atoms with Crippen LogP contribution in [0.3, 0.4) is 0 Å². The second-order valence-electron chi connectivity index (χ2n) is 3.66. The summed E-state index contributed by atoms with van der Waals surface area (Å²) >= 11 is 0. The fraction of sp³-hybridized carbons (Fsp3) is 0.0714. The molecule has 0 saturated carbocycles. The normalized spacial score (nSPS) is 9.89. The van der Waals surface area contributed by atoms with Crippen LogP contribution in [-0.4, -0.2) is 23.5 Å². The molecule has 0 radical (unpaired) electrons. The van der Waals surface area contributed by atoms with Gasteiger partial charge in [-0.3, -0.25) is 4.79 Å². The molecule has 5 heteroatoms. The number of benzene rings is 1. The lowest BCUT2D eigenvalue weighted by atomic mass is 10.0. The summed E-state index contributed by atoms with van der Waals surface area (Å²) in [6.45, 7) is 3.48. The molecule has 0 fully saturated rings. The summed E-state index contributed by atoms with van der Waals surface area (Å²) < 4.78 is 9.52. The molecule has 1 aromatic heterocycles. The van der Waals surface area contributed by atoms with E-state index in [2.05, 4.69) is 11.7 Å². The predicted octanol–water partition coefficient (Wildman–Crippen LogP) is 2.25. The molecular formula is C14H11NO4. The van der Waals surface area contributed by atoms with E-state index in [4.69, 9.17) is 9.26 Å². The van der Waals surface area contributed by atoms with Crippen LogP contribution in [0, 0.1) is 0 Å². The van der Waals surface area contributed by atoms with Gasteiger partial charge in [0.15, 0.2) is 5.78 Å². The molecule has 0 bridgehead atoms. The molecule has 0 N–H and O–H groups in total. The van der Waals surface area contributed by atoms with E-state index in [-0.39, 0.29) is 23.6 Å². The third-order valence-electron chi connectivity index (χ3n) is 2.38. The Morgan fingerprint density at radius 2 is 2.05 bits per heavy atom. The lowest BCUT2D eigenvalue weighted by Crippen LogP contribution is -2.11. The monoisotopic (exact) mass is 257 g/mol. The van der Waals surface area contributed by atoms with Gasteiger partial charge in [0.2, 0.25) is 5.69 Å². The first-order valence-electron chi connectivity index (χ1n) is 5.56. The summed E-state index contributed by atoms with van der Waals surface area (Å²) in [4.78, 5) is 23.9.